The Labute approximate surface area is 270 Å². The molecule has 0 bridgehead atoms. The molecule has 4 rings (SSSR count). The largest absolute Gasteiger partial charge is 0.490 e. The monoisotopic (exact) mass is 621 g/mol. The standard InChI is InChI=1S/C32H43N3O2.C4H10O.CH2O2/c1-22(2)18-28-25(5)33-21-29(31(28)35-14-12-32(6,7)13-15-35)30-11-10-27(20-34-30)37-17-16-36-26-9-8-23(3)24(4)19-26;1-4(2,3)5;2-1-3/h8-11,19-22H,12-18H2,1-7H3;5H,1-3H3;1H,(H,2,3). The molecule has 3 heterocycles. The number of carboxylic acid groups (broad SMARTS) is 1. The summed E-state index contributed by atoms with van der Waals surface area (Å²) in [4.78, 5) is 20.5. The Balaban J connectivity index is 0.000000789. The third-order valence-corrected chi connectivity index (χ3v) is 7.52. The Hall–Kier alpha value is -3.65. The first kappa shape index (κ1) is 37.5. The molecule has 0 spiro atoms. The fraction of sp³-hybridized carbons (Fsp3) is 0.541. The highest BCUT2D eigenvalue weighted by Crippen LogP contribution is 2.40. The topological polar surface area (TPSA) is 105 Å². The molecule has 1 fully saturated rings. The first-order chi connectivity index (χ1) is 21.0. The number of pyridine rings is 2. The highest BCUT2D eigenvalue weighted by molar-refractivity contribution is 5.79. The molecule has 2 aromatic heterocycles. The van der Waals surface area contributed by atoms with Crippen molar-refractivity contribution in [1.82, 2.24) is 9.97 Å². The van der Waals surface area contributed by atoms with E-state index in [1.807, 2.05) is 24.5 Å². The zero-order valence-electron chi connectivity index (χ0n) is 29.1. The number of piperidine rings is 1. The normalized spacial score (nSPS) is 14.1. The molecule has 0 unspecified atom stereocenters. The van der Waals surface area contributed by atoms with Gasteiger partial charge in [0.05, 0.1) is 23.2 Å². The van der Waals surface area contributed by atoms with Gasteiger partial charge in [-0.15, -0.1) is 0 Å². The van der Waals surface area contributed by atoms with Crippen LogP contribution in [-0.4, -0.2) is 58.6 Å². The lowest BCUT2D eigenvalue weighted by Crippen LogP contribution is -2.38. The van der Waals surface area contributed by atoms with Gasteiger partial charge in [-0.05, 0) is 113 Å². The second-order valence-electron chi connectivity index (χ2n) is 13.9. The maximum Gasteiger partial charge on any atom is 0.290 e. The molecule has 45 heavy (non-hydrogen) atoms. The van der Waals surface area contributed by atoms with Gasteiger partial charge in [0.2, 0.25) is 0 Å². The van der Waals surface area contributed by atoms with Crippen LogP contribution in [0.2, 0.25) is 0 Å². The van der Waals surface area contributed by atoms with Crippen molar-refractivity contribution in [3.63, 3.8) is 0 Å². The average Bonchev–Trinajstić information content (AvgIpc) is 2.94. The molecule has 0 amide bonds. The van der Waals surface area contributed by atoms with E-state index in [2.05, 4.69) is 71.6 Å². The summed E-state index contributed by atoms with van der Waals surface area (Å²) in [5, 5.41) is 15.4. The molecule has 0 aliphatic carbocycles. The lowest BCUT2D eigenvalue weighted by Gasteiger charge is -2.40. The molecule has 1 aliphatic heterocycles. The Bertz CT molecular complexity index is 1330. The number of ether oxygens (including phenoxy) is 2. The van der Waals surface area contributed by atoms with Gasteiger partial charge in [0.15, 0.2) is 0 Å². The number of rotatable bonds is 9. The van der Waals surface area contributed by atoms with Crippen LogP contribution in [0.25, 0.3) is 11.3 Å². The summed E-state index contributed by atoms with van der Waals surface area (Å²) < 4.78 is 11.8. The van der Waals surface area contributed by atoms with Crippen LogP contribution >= 0.6 is 0 Å². The minimum Gasteiger partial charge on any atom is -0.490 e. The summed E-state index contributed by atoms with van der Waals surface area (Å²) >= 11 is 0. The van der Waals surface area contributed by atoms with Crippen LogP contribution in [0.15, 0.2) is 42.7 Å². The van der Waals surface area contributed by atoms with E-state index in [1.54, 1.807) is 20.8 Å². The van der Waals surface area contributed by atoms with Crippen molar-refractivity contribution < 1.29 is 24.5 Å². The molecule has 0 saturated carbocycles. The summed E-state index contributed by atoms with van der Waals surface area (Å²) in [5.74, 6) is 2.18. The zero-order valence-corrected chi connectivity index (χ0v) is 29.1. The van der Waals surface area contributed by atoms with E-state index >= 15 is 0 Å². The summed E-state index contributed by atoms with van der Waals surface area (Å²) in [5.41, 5.74) is 8.26. The maximum atomic E-state index is 8.52. The van der Waals surface area contributed by atoms with Gasteiger partial charge in [-0.25, -0.2) is 0 Å². The quantitative estimate of drug-likeness (QED) is 0.184. The van der Waals surface area contributed by atoms with Crippen LogP contribution in [0.3, 0.4) is 0 Å². The second kappa shape index (κ2) is 17.2. The Morgan fingerprint density at radius 1 is 0.933 bits per heavy atom. The molecule has 0 radical (unpaired) electrons. The van der Waals surface area contributed by atoms with Crippen LogP contribution < -0.4 is 14.4 Å². The Morgan fingerprint density at radius 2 is 1.49 bits per heavy atom. The molecule has 8 nitrogen and oxygen atoms in total. The number of benzene rings is 1. The van der Waals surface area contributed by atoms with Crippen molar-refractivity contribution in [2.75, 3.05) is 31.2 Å². The van der Waals surface area contributed by atoms with Gasteiger partial charge in [0.1, 0.15) is 24.7 Å². The van der Waals surface area contributed by atoms with Crippen LogP contribution in [-0.2, 0) is 11.2 Å². The number of nitrogens with zero attached hydrogens (tertiary/aromatic N) is 3. The van der Waals surface area contributed by atoms with E-state index in [1.165, 1.54) is 35.2 Å². The summed E-state index contributed by atoms with van der Waals surface area (Å²) in [6, 6.07) is 10.2. The summed E-state index contributed by atoms with van der Waals surface area (Å²) in [6.45, 7) is 23.7. The SMILES string of the molecule is CC(C)(C)O.Cc1ccc(OCCOc2ccc(-c3cnc(C)c(CC(C)C)c3N3CCC(C)(C)CC3)nc2)cc1C.O=CO. The van der Waals surface area contributed by atoms with E-state index in [4.69, 9.17) is 34.4 Å². The van der Waals surface area contributed by atoms with Crippen molar-refractivity contribution in [2.24, 2.45) is 11.3 Å². The van der Waals surface area contributed by atoms with Crippen LogP contribution in [0.5, 0.6) is 11.5 Å². The average molecular weight is 622 g/mol. The molecule has 1 saturated heterocycles. The van der Waals surface area contributed by atoms with Crippen LogP contribution in [0, 0.1) is 32.1 Å². The first-order valence-corrected chi connectivity index (χ1v) is 15.9. The van der Waals surface area contributed by atoms with E-state index in [-0.39, 0.29) is 6.47 Å². The number of hydrogen-bond acceptors (Lipinski definition) is 7. The minimum atomic E-state index is -0.500. The Morgan fingerprint density at radius 3 is 2.00 bits per heavy atom. The Kier molecular flexibility index (Phi) is 14.3. The molecule has 1 aliphatic rings. The van der Waals surface area contributed by atoms with Crippen molar-refractivity contribution in [2.45, 2.75) is 94.1 Å². The van der Waals surface area contributed by atoms with Crippen molar-refractivity contribution >= 4 is 12.2 Å². The lowest BCUT2D eigenvalue weighted by molar-refractivity contribution is -0.122. The number of anilines is 1. The van der Waals surface area contributed by atoms with Crippen LogP contribution in [0.1, 0.15) is 83.7 Å². The zero-order chi connectivity index (χ0) is 33.8. The lowest BCUT2D eigenvalue weighted by atomic mass is 9.82. The van der Waals surface area contributed by atoms with Crippen LogP contribution in [0.4, 0.5) is 5.69 Å². The third-order valence-electron chi connectivity index (χ3n) is 7.52. The number of aromatic nitrogens is 2. The van der Waals surface area contributed by atoms with E-state index in [0.29, 0.717) is 24.5 Å². The molecule has 0 atom stereocenters. The predicted octanol–water partition coefficient (Wildman–Crippen LogP) is 7.83. The van der Waals surface area contributed by atoms with Gasteiger partial charge in [-0.1, -0.05) is 33.8 Å². The molecule has 248 valence electrons. The fourth-order valence-electron chi connectivity index (χ4n) is 4.92. The summed E-state index contributed by atoms with van der Waals surface area (Å²) in [7, 11) is 0. The van der Waals surface area contributed by atoms with Gasteiger partial charge < -0.3 is 24.6 Å². The van der Waals surface area contributed by atoms with Gasteiger partial charge in [-0.3, -0.25) is 14.8 Å². The van der Waals surface area contributed by atoms with Crippen molar-refractivity contribution in [1.29, 1.82) is 0 Å². The van der Waals surface area contributed by atoms with E-state index < -0.39 is 5.60 Å². The van der Waals surface area contributed by atoms with Gasteiger partial charge in [-0.2, -0.15) is 0 Å². The van der Waals surface area contributed by atoms with Gasteiger partial charge >= 0.3 is 0 Å². The van der Waals surface area contributed by atoms with Crippen molar-refractivity contribution in [3.05, 3.63) is 65.1 Å². The molecule has 3 aromatic rings. The number of carbonyl (C=O) groups is 1. The molecule has 1 aromatic carbocycles. The molecule has 8 heteroatoms. The highest BCUT2D eigenvalue weighted by Gasteiger charge is 2.29. The number of aliphatic hydroxyl groups is 1. The smallest absolute Gasteiger partial charge is 0.290 e. The summed E-state index contributed by atoms with van der Waals surface area (Å²) in [6.07, 6.45) is 7.23. The third kappa shape index (κ3) is 13.1. The van der Waals surface area contributed by atoms with Gasteiger partial charge in [0.25, 0.3) is 6.47 Å². The van der Waals surface area contributed by atoms with E-state index in [9.17, 15) is 0 Å². The second-order valence-corrected chi connectivity index (χ2v) is 13.9. The molecule has 2 N–H and O–H groups in total. The number of aryl methyl sites for hydroxylation is 3. The van der Waals surface area contributed by atoms with E-state index in [0.717, 1.165) is 48.0 Å². The van der Waals surface area contributed by atoms with Gasteiger partial charge in [0, 0.05) is 30.5 Å². The first-order valence-electron chi connectivity index (χ1n) is 15.9. The van der Waals surface area contributed by atoms with Crippen molar-refractivity contribution in [3.8, 4) is 22.8 Å². The minimum absolute atomic E-state index is 0.250. The molecular formula is C37H55N3O5. The predicted molar refractivity (Wildman–Crippen MR) is 184 cm³/mol. The molecular weight excluding hydrogens is 566 g/mol. The highest BCUT2D eigenvalue weighted by atomic mass is 16.5. The fourth-order valence-corrected chi connectivity index (χ4v) is 4.92. The maximum absolute atomic E-state index is 8.52. The number of hydrogen-bond donors (Lipinski definition) is 2.